The van der Waals surface area contributed by atoms with Gasteiger partial charge in [0.25, 0.3) is 0 Å². The first kappa shape index (κ1) is 16.5. The zero-order valence-electron chi connectivity index (χ0n) is 11.7. The van der Waals surface area contributed by atoms with Crippen molar-refractivity contribution in [3.05, 3.63) is 0 Å². The van der Waals surface area contributed by atoms with Crippen LogP contribution in [0.3, 0.4) is 0 Å². The summed E-state index contributed by atoms with van der Waals surface area (Å²) >= 11 is 6.28. The van der Waals surface area contributed by atoms with Gasteiger partial charge in [0.05, 0.1) is 5.60 Å². The van der Waals surface area contributed by atoms with E-state index < -0.39 is 0 Å². The molecule has 0 spiro atoms. The van der Waals surface area contributed by atoms with Gasteiger partial charge in [-0.1, -0.05) is 46.5 Å². The molecular weight excluding hydrogens is 236 g/mol. The maximum absolute atomic E-state index is 6.28. The van der Waals surface area contributed by atoms with E-state index in [2.05, 4.69) is 27.7 Å². The van der Waals surface area contributed by atoms with Crippen molar-refractivity contribution in [2.24, 2.45) is 5.92 Å². The van der Waals surface area contributed by atoms with Gasteiger partial charge in [0, 0.05) is 5.38 Å². The molecule has 0 aliphatic heterocycles. The highest BCUT2D eigenvalue weighted by Crippen LogP contribution is 2.36. The summed E-state index contributed by atoms with van der Waals surface area (Å²) in [7, 11) is 0.815. The SMILES string of the molecule is CCCCC(CCCC)(O[SiH3])C(C)C(C)Cl. The summed E-state index contributed by atoms with van der Waals surface area (Å²) in [4.78, 5) is 0. The van der Waals surface area contributed by atoms with Crippen LogP contribution in [0.5, 0.6) is 0 Å². The molecule has 0 aromatic carbocycles. The van der Waals surface area contributed by atoms with Crippen molar-refractivity contribution < 1.29 is 4.43 Å². The molecule has 2 atom stereocenters. The van der Waals surface area contributed by atoms with E-state index in [4.69, 9.17) is 16.0 Å². The van der Waals surface area contributed by atoms with E-state index in [1.807, 2.05) is 0 Å². The molecule has 0 fully saturated rings. The zero-order valence-corrected chi connectivity index (χ0v) is 14.4. The highest BCUT2D eigenvalue weighted by Gasteiger charge is 2.36. The van der Waals surface area contributed by atoms with Crippen LogP contribution in [0, 0.1) is 5.92 Å². The lowest BCUT2D eigenvalue weighted by molar-refractivity contribution is 0.00180. The topological polar surface area (TPSA) is 9.23 Å². The Kier molecular flexibility index (Phi) is 8.79. The molecule has 0 amide bonds. The van der Waals surface area contributed by atoms with Crippen LogP contribution >= 0.6 is 11.6 Å². The van der Waals surface area contributed by atoms with E-state index in [1.165, 1.54) is 38.5 Å². The molecule has 0 saturated heterocycles. The minimum absolute atomic E-state index is 0.0550. The van der Waals surface area contributed by atoms with Crippen molar-refractivity contribution in [3.63, 3.8) is 0 Å². The maximum Gasteiger partial charge on any atom is 0.146 e. The number of halogens is 1. The lowest BCUT2D eigenvalue weighted by atomic mass is 9.79. The Hall–Kier alpha value is 0.467. The van der Waals surface area contributed by atoms with Crippen LogP contribution in [-0.2, 0) is 4.43 Å². The van der Waals surface area contributed by atoms with Gasteiger partial charge in [0.15, 0.2) is 0 Å². The lowest BCUT2D eigenvalue weighted by Gasteiger charge is -2.40. The molecule has 2 unspecified atom stereocenters. The molecule has 0 radical (unpaired) electrons. The van der Waals surface area contributed by atoms with Crippen LogP contribution in [0.1, 0.15) is 66.2 Å². The van der Waals surface area contributed by atoms with E-state index in [9.17, 15) is 0 Å². The van der Waals surface area contributed by atoms with Crippen molar-refractivity contribution in [1.82, 2.24) is 0 Å². The predicted octanol–water partition coefficient (Wildman–Crippen LogP) is 3.67. The summed E-state index contributed by atoms with van der Waals surface area (Å²) in [6.45, 7) is 8.83. The molecule has 0 aromatic rings. The first-order chi connectivity index (χ1) is 7.54. The average Bonchev–Trinajstić information content (AvgIpc) is 2.29. The second kappa shape index (κ2) is 8.54. The number of hydrogen-bond donors (Lipinski definition) is 0. The molecule has 0 saturated carbocycles. The van der Waals surface area contributed by atoms with E-state index >= 15 is 0 Å². The molecular formula is C13H29ClOSi. The van der Waals surface area contributed by atoms with Crippen LogP contribution in [0.2, 0.25) is 0 Å². The lowest BCUT2D eigenvalue weighted by Crippen LogP contribution is -2.42. The van der Waals surface area contributed by atoms with Crippen LogP contribution in [0.25, 0.3) is 0 Å². The molecule has 0 aliphatic rings. The number of rotatable bonds is 9. The van der Waals surface area contributed by atoms with E-state index in [0.717, 1.165) is 10.5 Å². The second-order valence-corrected chi connectivity index (χ2v) is 6.04. The fourth-order valence-corrected chi connectivity index (χ4v) is 3.35. The van der Waals surface area contributed by atoms with E-state index in [0.29, 0.717) is 5.92 Å². The quantitative estimate of drug-likeness (QED) is 0.456. The molecule has 0 bridgehead atoms. The van der Waals surface area contributed by atoms with Crippen LogP contribution in [-0.4, -0.2) is 21.5 Å². The van der Waals surface area contributed by atoms with E-state index in [1.54, 1.807) is 0 Å². The Labute approximate surface area is 110 Å². The van der Waals surface area contributed by atoms with Gasteiger partial charge in [-0.15, -0.1) is 11.6 Å². The molecule has 1 nitrogen and oxygen atoms in total. The molecule has 0 heterocycles. The van der Waals surface area contributed by atoms with Crippen LogP contribution in [0.4, 0.5) is 0 Å². The van der Waals surface area contributed by atoms with Crippen molar-refractivity contribution in [2.75, 3.05) is 0 Å². The molecule has 16 heavy (non-hydrogen) atoms. The summed E-state index contributed by atoms with van der Waals surface area (Å²) < 4.78 is 6.02. The first-order valence-electron chi connectivity index (χ1n) is 6.73. The third-order valence-electron chi connectivity index (χ3n) is 3.83. The summed E-state index contributed by atoms with van der Waals surface area (Å²) in [5, 5.41) is 0.197. The largest absolute Gasteiger partial charge is 0.422 e. The van der Waals surface area contributed by atoms with Gasteiger partial charge in [-0.25, -0.2) is 0 Å². The Morgan fingerprint density at radius 3 is 1.81 bits per heavy atom. The second-order valence-electron chi connectivity index (χ2n) is 4.94. The standard InChI is InChI=1S/C13H29ClOSi/c1-5-7-9-13(15-16,10-8-6-2)11(3)12(4)14/h11-12H,5-10H2,1-4,16H3. The number of unbranched alkanes of at least 4 members (excludes halogenated alkanes) is 2. The smallest absolute Gasteiger partial charge is 0.146 e. The Balaban J connectivity index is 4.64. The highest BCUT2D eigenvalue weighted by molar-refractivity contribution is 6.20. The fraction of sp³-hybridized carbons (Fsp3) is 1.00. The van der Waals surface area contributed by atoms with Crippen molar-refractivity contribution >= 4 is 22.1 Å². The Bertz CT molecular complexity index is 165. The molecule has 0 rings (SSSR count). The Morgan fingerprint density at radius 2 is 1.56 bits per heavy atom. The molecule has 3 heteroatoms. The summed E-state index contributed by atoms with van der Waals surface area (Å²) in [6.07, 6.45) is 7.32. The average molecular weight is 265 g/mol. The van der Waals surface area contributed by atoms with Gasteiger partial charge < -0.3 is 4.43 Å². The fourth-order valence-electron chi connectivity index (χ4n) is 2.34. The van der Waals surface area contributed by atoms with Gasteiger partial charge >= 0.3 is 0 Å². The van der Waals surface area contributed by atoms with Crippen LogP contribution < -0.4 is 0 Å². The molecule has 98 valence electrons. The third kappa shape index (κ3) is 4.76. The van der Waals surface area contributed by atoms with Gasteiger partial charge in [0.1, 0.15) is 10.5 Å². The van der Waals surface area contributed by atoms with Crippen molar-refractivity contribution in [2.45, 2.75) is 77.2 Å². The first-order valence-corrected chi connectivity index (χ1v) is 7.98. The van der Waals surface area contributed by atoms with E-state index in [-0.39, 0.29) is 11.0 Å². The molecule has 0 aromatic heterocycles. The van der Waals surface area contributed by atoms with Gasteiger partial charge in [0.2, 0.25) is 0 Å². The van der Waals surface area contributed by atoms with Crippen molar-refractivity contribution in [3.8, 4) is 0 Å². The molecule has 0 N–H and O–H groups in total. The summed E-state index contributed by atoms with van der Waals surface area (Å²) in [5.41, 5.74) is 0.0550. The number of hydrogen-bond acceptors (Lipinski definition) is 1. The monoisotopic (exact) mass is 264 g/mol. The molecule has 0 aliphatic carbocycles. The summed E-state index contributed by atoms with van der Waals surface area (Å²) in [5.74, 6) is 0.449. The number of alkyl halides is 1. The Morgan fingerprint density at radius 1 is 1.12 bits per heavy atom. The minimum Gasteiger partial charge on any atom is -0.422 e. The van der Waals surface area contributed by atoms with Crippen LogP contribution in [0.15, 0.2) is 0 Å². The minimum atomic E-state index is 0.0550. The van der Waals surface area contributed by atoms with Crippen molar-refractivity contribution in [1.29, 1.82) is 0 Å². The predicted molar refractivity (Wildman–Crippen MR) is 77.3 cm³/mol. The van der Waals surface area contributed by atoms with Gasteiger partial charge in [-0.05, 0) is 25.7 Å². The van der Waals surface area contributed by atoms with Gasteiger partial charge in [-0.2, -0.15) is 0 Å². The third-order valence-corrected chi connectivity index (χ3v) is 5.02. The normalized spacial score (nSPS) is 16.3. The maximum atomic E-state index is 6.28. The van der Waals surface area contributed by atoms with Gasteiger partial charge in [-0.3, -0.25) is 0 Å². The summed E-state index contributed by atoms with van der Waals surface area (Å²) in [6, 6.07) is 0. The highest BCUT2D eigenvalue weighted by atomic mass is 35.5. The zero-order chi connectivity index (χ0) is 12.6.